The Hall–Kier alpha value is -2.34. The van der Waals surface area contributed by atoms with E-state index in [9.17, 15) is 0 Å². The molecule has 1 aliphatic rings. The number of benzene rings is 1. The van der Waals surface area contributed by atoms with Crippen molar-refractivity contribution in [3.05, 3.63) is 42.5 Å². The highest BCUT2D eigenvalue weighted by atomic mass is 16.4. The lowest BCUT2D eigenvalue weighted by Gasteiger charge is -2.33. The summed E-state index contributed by atoms with van der Waals surface area (Å²) in [6.07, 6.45) is 3.94. The molecule has 0 unspecified atom stereocenters. The van der Waals surface area contributed by atoms with Gasteiger partial charge in [-0.05, 0) is 18.1 Å². The molecule has 1 saturated heterocycles. The van der Waals surface area contributed by atoms with E-state index in [2.05, 4.69) is 38.2 Å². The molecule has 6 heteroatoms. The lowest BCUT2D eigenvalue weighted by molar-refractivity contribution is 0.239. The van der Waals surface area contributed by atoms with E-state index in [0.29, 0.717) is 5.92 Å². The van der Waals surface area contributed by atoms with Crippen LogP contribution in [0.25, 0.3) is 11.1 Å². The van der Waals surface area contributed by atoms with Crippen molar-refractivity contribution in [1.82, 2.24) is 19.4 Å². The SMILES string of the molecule is CC(C)Cn1cncc1CN1CCN(c2nc3ccccc3o2)CC1. The fourth-order valence-electron chi connectivity index (χ4n) is 3.36. The van der Waals surface area contributed by atoms with E-state index in [1.807, 2.05) is 36.8 Å². The van der Waals surface area contributed by atoms with Crippen LogP contribution in [0.15, 0.2) is 41.2 Å². The first-order valence-corrected chi connectivity index (χ1v) is 9.01. The fourth-order valence-corrected chi connectivity index (χ4v) is 3.36. The van der Waals surface area contributed by atoms with Crippen LogP contribution in [-0.4, -0.2) is 45.6 Å². The number of fused-ring (bicyclic) bond motifs is 1. The molecule has 0 aliphatic carbocycles. The molecule has 0 spiro atoms. The molecule has 0 radical (unpaired) electrons. The van der Waals surface area contributed by atoms with Gasteiger partial charge in [0.15, 0.2) is 5.58 Å². The zero-order valence-corrected chi connectivity index (χ0v) is 14.9. The second-order valence-corrected chi connectivity index (χ2v) is 7.16. The molecular weight excluding hydrogens is 314 g/mol. The summed E-state index contributed by atoms with van der Waals surface area (Å²) in [6.45, 7) is 10.3. The van der Waals surface area contributed by atoms with E-state index in [0.717, 1.165) is 56.4 Å². The minimum absolute atomic E-state index is 0.629. The average Bonchev–Trinajstić information content (AvgIpc) is 3.22. The molecule has 2 aromatic heterocycles. The van der Waals surface area contributed by atoms with Crippen LogP contribution in [0.3, 0.4) is 0 Å². The van der Waals surface area contributed by atoms with E-state index in [-0.39, 0.29) is 0 Å². The highest BCUT2D eigenvalue weighted by molar-refractivity contribution is 5.74. The number of piperazine rings is 1. The van der Waals surface area contributed by atoms with Gasteiger partial charge in [-0.2, -0.15) is 4.98 Å². The van der Waals surface area contributed by atoms with E-state index in [1.54, 1.807) is 0 Å². The second kappa shape index (κ2) is 6.88. The molecule has 0 N–H and O–H groups in total. The van der Waals surface area contributed by atoms with Crippen molar-refractivity contribution in [2.75, 3.05) is 31.1 Å². The van der Waals surface area contributed by atoms with Gasteiger partial charge in [-0.1, -0.05) is 26.0 Å². The molecule has 25 heavy (non-hydrogen) atoms. The van der Waals surface area contributed by atoms with Crippen molar-refractivity contribution in [2.45, 2.75) is 26.9 Å². The van der Waals surface area contributed by atoms with Gasteiger partial charge in [-0.3, -0.25) is 4.90 Å². The number of rotatable bonds is 5. The third kappa shape index (κ3) is 3.54. The second-order valence-electron chi connectivity index (χ2n) is 7.16. The topological polar surface area (TPSA) is 50.3 Å². The summed E-state index contributed by atoms with van der Waals surface area (Å²) in [4.78, 5) is 13.7. The van der Waals surface area contributed by atoms with Crippen molar-refractivity contribution < 1.29 is 4.42 Å². The summed E-state index contributed by atoms with van der Waals surface area (Å²) in [5.41, 5.74) is 3.08. The van der Waals surface area contributed by atoms with Crippen molar-refractivity contribution in [3.63, 3.8) is 0 Å². The normalized spacial score (nSPS) is 16.2. The predicted molar refractivity (Wildman–Crippen MR) is 98.6 cm³/mol. The summed E-state index contributed by atoms with van der Waals surface area (Å²) in [5, 5.41) is 0. The number of imidazole rings is 1. The molecule has 0 bridgehead atoms. The van der Waals surface area contributed by atoms with E-state index < -0.39 is 0 Å². The molecular formula is C19H25N5O. The first kappa shape index (κ1) is 16.1. The molecule has 4 rings (SSSR count). The van der Waals surface area contributed by atoms with Gasteiger partial charge in [-0.15, -0.1) is 0 Å². The van der Waals surface area contributed by atoms with Crippen LogP contribution >= 0.6 is 0 Å². The van der Waals surface area contributed by atoms with Gasteiger partial charge in [0.25, 0.3) is 6.01 Å². The van der Waals surface area contributed by atoms with Crippen LogP contribution in [-0.2, 0) is 13.1 Å². The molecule has 132 valence electrons. The largest absolute Gasteiger partial charge is 0.423 e. The van der Waals surface area contributed by atoms with E-state index in [1.165, 1.54) is 5.69 Å². The first-order valence-electron chi connectivity index (χ1n) is 9.01. The highest BCUT2D eigenvalue weighted by Crippen LogP contribution is 2.22. The predicted octanol–water partition coefficient (Wildman–Crippen LogP) is 3.00. The maximum atomic E-state index is 5.89. The van der Waals surface area contributed by atoms with Gasteiger partial charge < -0.3 is 13.9 Å². The van der Waals surface area contributed by atoms with Crippen LogP contribution < -0.4 is 4.90 Å². The number of anilines is 1. The van der Waals surface area contributed by atoms with Crippen molar-refractivity contribution in [3.8, 4) is 0 Å². The summed E-state index contributed by atoms with van der Waals surface area (Å²) in [7, 11) is 0. The third-order valence-corrected chi connectivity index (χ3v) is 4.67. The Labute approximate surface area is 148 Å². The number of hydrogen-bond donors (Lipinski definition) is 0. The van der Waals surface area contributed by atoms with Crippen molar-refractivity contribution >= 4 is 17.1 Å². The summed E-state index contributed by atoms with van der Waals surface area (Å²) in [5.74, 6) is 0.629. The molecule has 3 heterocycles. The average molecular weight is 339 g/mol. The van der Waals surface area contributed by atoms with Crippen LogP contribution in [0.2, 0.25) is 0 Å². The molecule has 1 fully saturated rings. The van der Waals surface area contributed by atoms with Gasteiger partial charge in [-0.25, -0.2) is 4.98 Å². The van der Waals surface area contributed by atoms with Gasteiger partial charge >= 0.3 is 0 Å². The first-order chi connectivity index (χ1) is 12.2. The number of aromatic nitrogens is 3. The van der Waals surface area contributed by atoms with Gasteiger partial charge in [0, 0.05) is 45.5 Å². The molecule has 3 aromatic rings. The van der Waals surface area contributed by atoms with Crippen LogP contribution in [0.1, 0.15) is 19.5 Å². The molecule has 0 atom stereocenters. The smallest absolute Gasteiger partial charge is 0.298 e. The third-order valence-electron chi connectivity index (χ3n) is 4.67. The number of hydrogen-bond acceptors (Lipinski definition) is 5. The Morgan fingerprint density at radius 1 is 1.12 bits per heavy atom. The lowest BCUT2D eigenvalue weighted by atomic mass is 10.2. The van der Waals surface area contributed by atoms with Crippen LogP contribution in [0, 0.1) is 5.92 Å². The number of nitrogens with zero attached hydrogens (tertiary/aromatic N) is 5. The zero-order valence-electron chi connectivity index (χ0n) is 14.9. The Balaban J connectivity index is 1.37. The van der Waals surface area contributed by atoms with Crippen molar-refractivity contribution in [1.29, 1.82) is 0 Å². The Kier molecular flexibility index (Phi) is 4.44. The van der Waals surface area contributed by atoms with Crippen LogP contribution in [0.5, 0.6) is 0 Å². The Morgan fingerprint density at radius 2 is 1.92 bits per heavy atom. The molecule has 0 amide bonds. The summed E-state index contributed by atoms with van der Waals surface area (Å²) < 4.78 is 8.17. The lowest BCUT2D eigenvalue weighted by Crippen LogP contribution is -2.46. The molecule has 1 aromatic carbocycles. The van der Waals surface area contributed by atoms with Crippen LogP contribution in [0.4, 0.5) is 6.01 Å². The van der Waals surface area contributed by atoms with E-state index >= 15 is 0 Å². The van der Waals surface area contributed by atoms with Gasteiger partial charge in [0.2, 0.25) is 0 Å². The minimum Gasteiger partial charge on any atom is -0.423 e. The Bertz CT molecular complexity index is 796. The van der Waals surface area contributed by atoms with Gasteiger partial charge in [0.1, 0.15) is 5.52 Å². The minimum atomic E-state index is 0.629. The van der Waals surface area contributed by atoms with E-state index in [4.69, 9.17) is 4.42 Å². The highest BCUT2D eigenvalue weighted by Gasteiger charge is 2.21. The molecule has 0 saturated carbocycles. The summed E-state index contributed by atoms with van der Waals surface area (Å²) >= 11 is 0. The molecule has 6 nitrogen and oxygen atoms in total. The monoisotopic (exact) mass is 339 g/mol. The molecule has 1 aliphatic heterocycles. The number of oxazole rings is 1. The van der Waals surface area contributed by atoms with Gasteiger partial charge in [0.05, 0.1) is 12.0 Å². The quantitative estimate of drug-likeness (QED) is 0.715. The van der Waals surface area contributed by atoms with Crippen molar-refractivity contribution in [2.24, 2.45) is 5.92 Å². The zero-order chi connectivity index (χ0) is 17.2. The maximum Gasteiger partial charge on any atom is 0.298 e. The standard InChI is InChI=1S/C19H25N5O/c1-15(2)12-24-14-20-11-16(24)13-22-7-9-23(10-8-22)19-21-17-5-3-4-6-18(17)25-19/h3-6,11,14-15H,7-10,12-13H2,1-2H3. The number of para-hydroxylation sites is 2. The maximum absolute atomic E-state index is 5.89. The Morgan fingerprint density at radius 3 is 2.68 bits per heavy atom. The fraction of sp³-hybridized carbons (Fsp3) is 0.474. The summed E-state index contributed by atoms with van der Waals surface area (Å²) in [6, 6.07) is 8.68.